The van der Waals surface area contributed by atoms with Crippen LogP contribution in [0.5, 0.6) is 0 Å². The average molecular weight is 817 g/mol. The van der Waals surface area contributed by atoms with E-state index in [0.717, 1.165) is 6.42 Å². The predicted octanol–water partition coefficient (Wildman–Crippen LogP) is 17.6. The van der Waals surface area contributed by atoms with E-state index in [1.54, 1.807) is 0 Å². The summed E-state index contributed by atoms with van der Waals surface area (Å²) in [6.45, 7) is 26.3. The highest BCUT2D eigenvalue weighted by atomic mass is 32.1. The molecule has 0 fully saturated rings. The Labute approximate surface area is 371 Å². The number of hydrogen-bond donors (Lipinski definition) is 0. The molecular formula is C60H64S. The molecule has 1 heteroatoms. The van der Waals surface area contributed by atoms with Gasteiger partial charge in [-0.15, -0.1) is 11.3 Å². The fourth-order valence-corrected chi connectivity index (χ4v) is 9.50. The summed E-state index contributed by atoms with van der Waals surface area (Å²) in [5.74, 6) is 0. The Morgan fingerprint density at radius 2 is 0.984 bits per heavy atom. The Hall–Kier alpha value is -5.76. The van der Waals surface area contributed by atoms with Crippen LogP contribution in [0, 0.1) is 62.3 Å². The molecule has 0 spiro atoms. The van der Waals surface area contributed by atoms with Crippen LogP contribution in [0.25, 0.3) is 42.1 Å². The predicted molar refractivity (Wildman–Crippen MR) is 272 cm³/mol. The molecule has 0 saturated heterocycles. The molecule has 1 aliphatic rings. The summed E-state index contributed by atoms with van der Waals surface area (Å²) in [5.41, 5.74) is 19.7. The van der Waals surface area contributed by atoms with Gasteiger partial charge >= 0.3 is 0 Å². The molecule has 1 heterocycles. The Kier molecular flexibility index (Phi) is 14.5. The first-order valence-corrected chi connectivity index (χ1v) is 22.6. The standard InChI is InChI=1S/C21H20.C14H12S.2C9H12.C7H8/c1-13-9-10-17-18(11-13)21(3,4)19-12-14(2)15-7-5-6-8-16(15)20(17)19;1-2-10-6-5-9-13-14(10)11-7-3-4-8-12(11)15-13;1-7-4-5-8(2)9(3)6-7;1-7-5-4-6-8(2)9(7)3;1-7-5-3-2-4-6-7/h5-12H,1-4H3;3-9H,2H2,1H3;2*4-6H,1-3H3;2-6H,1H3. The fraction of sp³-hybridized carbons (Fsp3) is 0.233. The van der Waals surface area contributed by atoms with Crippen LogP contribution in [0.4, 0.5) is 0 Å². The first-order valence-electron chi connectivity index (χ1n) is 21.8. The van der Waals surface area contributed by atoms with Gasteiger partial charge in [-0.1, -0.05) is 183 Å². The maximum atomic E-state index is 2.40. The SMILES string of the molecule is CCc1cccc2sc3ccccc3c12.Cc1ccc(C)c(C)c1.Cc1ccc2c(c1)C(C)(C)c1cc(C)c3ccccc3c1-2.Cc1cccc(C)c1C.Cc1ccccc1. The van der Waals surface area contributed by atoms with E-state index in [0.29, 0.717) is 0 Å². The lowest BCUT2D eigenvalue weighted by atomic mass is 9.81. The second-order valence-corrected chi connectivity index (χ2v) is 18.4. The van der Waals surface area contributed by atoms with Crippen molar-refractivity contribution in [1.82, 2.24) is 0 Å². The van der Waals surface area contributed by atoms with Gasteiger partial charge < -0.3 is 0 Å². The van der Waals surface area contributed by atoms with Gasteiger partial charge in [0, 0.05) is 25.6 Å². The number of thiophene rings is 1. The van der Waals surface area contributed by atoms with Crippen LogP contribution >= 0.6 is 11.3 Å². The molecule has 0 unspecified atom stereocenters. The Morgan fingerprint density at radius 3 is 1.59 bits per heavy atom. The van der Waals surface area contributed by atoms with E-state index in [4.69, 9.17) is 0 Å². The van der Waals surface area contributed by atoms with Gasteiger partial charge in [-0.2, -0.15) is 0 Å². The molecule has 0 amide bonds. The van der Waals surface area contributed by atoms with Crippen LogP contribution in [-0.4, -0.2) is 0 Å². The van der Waals surface area contributed by atoms with Crippen LogP contribution in [0.3, 0.4) is 0 Å². The van der Waals surface area contributed by atoms with Crippen LogP contribution in [0.15, 0.2) is 158 Å². The highest BCUT2D eigenvalue weighted by Gasteiger charge is 2.36. The second-order valence-electron chi connectivity index (χ2n) is 17.3. The first-order chi connectivity index (χ1) is 29.2. The summed E-state index contributed by atoms with van der Waals surface area (Å²) in [6.07, 6.45) is 1.11. The van der Waals surface area contributed by atoms with Crippen molar-refractivity contribution in [2.45, 2.75) is 94.9 Å². The molecule has 0 aliphatic heterocycles. The molecule has 0 N–H and O–H groups in total. The van der Waals surface area contributed by atoms with Gasteiger partial charge in [0.2, 0.25) is 0 Å². The summed E-state index contributed by atoms with van der Waals surface area (Å²) >= 11 is 1.89. The van der Waals surface area contributed by atoms with E-state index >= 15 is 0 Å². The van der Waals surface area contributed by atoms with E-state index in [1.807, 2.05) is 29.5 Å². The quantitative estimate of drug-likeness (QED) is 0.155. The van der Waals surface area contributed by atoms with Gasteiger partial charge in [0.15, 0.2) is 0 Å². The third-order valence-corrected chi connectivity index (χ3v) is 13.5. The van der Waals surface area contributed by atoms with E-state index < -0.39 is 0 Å². The summed E-state index contributed by atoms with van der Waals surface area (Å²) in [6, 6.07) is 56.5. The van der Waals surface area contributed by atoms with Crippen molar-refractivity contribution < 1.29 is 0 Å². The lowest BCUT2D eigenvalue weighted by Crippen LogP contribution is -2.15. The minimum absolute atomic E-state index is 0.0888. The van der Waals surface area contributed by atoms with Gasteiger partial charge in [-0.25, -0.2) is 0 Å². The maximum Gasteiger partial charge on any atom is 0.0358 e. The molecule has 0 radical (unpaired) electrons. The van der Waals surface area contributed by atoms with Gasteiger partial charge in [-0.05, 0) is 153 Å². The molecule has 0 nitrogen and oxygen atoms in total. The fourth-order valence-electron chi connectivity index (χ4n) is 8.34. The van der Waals surface area contributed by atoms with Gasteiger partial charge in [0.05, 0.1) is 0 Å². The number of rotatable bonds is 1. The molecule has 0 atom stereocenters. The minimum atomic E-state index is 0.0888. The Bertz CT molecular complexity index is 2880. The zero-order chi connectivity index (χ0) is 43.8. The molecule has 61 heavy (non-hydrogen) atoms. The summed E-state index contributed by atoms with van der Waals surface area (Å²) in [5, 5.41) is 5.64. The molecule has 310 valence electrons. The van der Waals surface area contributed by atoms with Gasteiger partial charge in [0.25, 0.3) is 0 Å². The maximum absolute atomic E-state index is 2.40. The zero-order valence-electron chi connectivity index (χ0n) is 38.6. The molecular weight excluding hydrogens is 753 g/mol. The number of fused-ring (bicyclic) bond motifs is 8. The Balaban J connectivity index is 0.000000136. The third-order valence-electron chi connectivity index (χ3n) is 12.4. The number of aryl methyl sites for hydroxylation is 9. The molecule has 10 rings (SSSR count). The second kappa shape index (κ2) is 19.7. The molecule has 9 aromatic rings. The smallest absolute Gasteiger partial charge is 0.0358 e. The van der Waals surface area contributed by atoms with Crippen LogP contribution in [-0.2, 0) is 11.8 Å². The molecule has 0 saturated carbocycles. The van der Waals surface area contributed by atoms with Crippen molar-refractivity contribution in [3.8, 4) is 11.1 Å². The summed E-state index contributed by atoms with van der Waals surface area (Å²) in [4.78, 5) is 0. The van der Waals surface area contributed by atoms with E-state index in [1.165, 1.54) is 109 Å². The first kappa shape index (κ1) is 44.8. The van der Waals surface area contributed by atoms with Crippen LogP contribution < -0.4 is 0 Å². The largest absolute Gasteiger partial charge is 0.135 e. The van der Waals surface area contributed by atoms with Crippen molar-refractivity contribution in [2.24, 2.45) is 0 Å². The monoisotopic (exact) mass is 816 g/mol. The lowest BCUT2D eigenvalue weighted by molar-refractivity contribution is 0.659. The van der Waals surface area contributed by atoms with E-state index in [9.17, 15) is 0 Å². The average Bonchev–Trinajstić information content (AvgIpc) is 3.74. The lowest BCUT2D eigenvalue weighted by Gasteiger charge is -2.22. The molecule has 1 aromatic heterocycles. The number of hydrogen-bond acceptors (Lipinski definition) is 1. The topological polar surface area (TPSA) is 0 Å². The van der Waals surface area contributed by atoms with Crippen molar-refractivity contribution in [3.05, 3.63) is 224 Å². The van der Waals surface area contributed by atoms with Crippen molar-refractivity contribution in [1.29, 1.82) is 0 Å². The van der Waals surface area contributed by atoms with E-state index in [2.05, 4.69) is 223 Å². The third kappa shape index (κ3) is 10.2. The molecule has 0 bridgehead atoms. The van der Waals surface area contributed by atoms with Crippen molar-refractivity contribution in [2.75, 3.05) is 0 Å². The normalized spacial score (nSPS) is 11.8. The van der Waals surface area contributed by atoms with Gasteiger partial charge in [0.1, 0.15) is 0 Å². The van der Waals surface area contributed by atoms with Crippen LogP contribution in [0.2, 0.25) is 0 Å². The Morgan fingerprint density at radius 1 is 0.410 bits per heavy atom. The number of benzene rings is 8. The van der Waals surface area contributed by atoms with Crippen molar-refractivity contribution >= 4 is 42.3 Å². The summed E-state index contributed by atoms with van der Waals surface area (Å²) < 4.78 is 2.81. The minimum Gasteiger partial charge on any atom is -0.135 e. The molecule has 1 aliphatic carbocycles. The highest BCUT2D eigenvalue weighted by molar-refractivity contribution is 7.25. The van der Waals surface area contributed by atoms with Gasteiger partial charge in [-0.3, -0.25) is 0 Å². The van der Waals surface area contributed by atoms with E-state index in [-0.39, 0.29) is 5.41 Å². The zero-order valence-corrected chi connectivity index (χ0v) is 39.4. The van der Waals surface area contributed by atoms with Crippen molar-refractivity contribution in [3.63, 3.8) is 0 Å². The molecule has 8 aromatic carbocycles. The highest BCUT2D eigenvalue weighted by Crippen LogP contribution is 2.52. The van der Waals surface area contributed by atoms with Crippen LogP contribution in [0.1, 0.15) is 87.5 Å². The summed E-state index contributed by atoms with van der Waals surface area (Å²) in [7, 11) is 0.